The number of carbonyl (C=O) groups is 5. The van der Waals surface area contributed by atoms with Crippen LogP contribution in [-0.2, 0) is 35.1 Å². The Morgan fingerprint density at radius 3 is 1.63 bits per heavy atom. The van der Waals surface area contributed by atoms with Crippen LogP contribution < -0.4 is 33.7 Å². The van der Waals surface area contributed by atoms with Gasteiger partial charge in [0.15, 0.2) is 0 Å². The Balaban J connectivity index is 0.000000245. The topological polar surface area (TPSA) is 207 Å². The highest BCUT2D eigenvalue weighted by molar-refractivity contribution is 7.22. The summed E-state index contributed by atoms with van der Waals surface area (Å²) in [6.07, 6.45) is 29.4. The van der Waals surface area contributed by atoms with Crippen molar-refractivity contribution in [1.82, 2.24) is 9.97 Å². The Morgan fingerprint density at radius 1 is 0.500 bits per heavy atom. The van der Waals surface area contributed by atoms with E-state index in [0.717, 1.165) is 149 Å². The van der Waals surface area contributed by atoms with E-state index < -0.39 is 17.9 Å². The molecule has 2 fully saturated rings. The van der Waals surface area contributed by atoms with Gasteiger partial charge in [0, 0.05) is 36.9 Å². The molecule has 2 aliphatic rings. The third-order valence-electron chi connectivity index (χ3n) is 20.3. The van der Waals surface area contributed by atoms with E-state index in [1.807, 2.05) is 85.0 Å². The summed E-state index contributed by atoms with van der Waals surface area (Å²) in [6, 6.07) is 50.7. The van der Waals surface area contributed by atoms with Gasteiger partial charge in [-0.25, -0.2) is 34.4 Å². The summed E-state index contributed by atoms with van der Waals surface area (Å²) in [5.74, 6) is 1.69. The Labute approximate surface area is 668 Å². The first-order chi connectivity index (χ1) is 54.8. The van der Waals surface area contributed by atoms with Crippen molar-refractivity contribution in [1.29, 1.82) is 0 Å². The van der Waals surface area contributed by atoms with Crippen LogP contribution in [-0.4, -0.2) is 92.3 Å². The van der Waals surface area contributed by atoms with E-state index in [4.69, 9.17) is 53.3 Å². The largest absolute Gasteiger partial charge is 0.494 e. The summed E-state index contributed by atoms with van der Waals surface area (Å²) < 4.78 is 41.7. The van der Waals surface area contributed by atoms with Gasteiger partial charge in [-0.15, -0.1) is 0 Å². The predicted molar refractivity (Wildman–Crippen MR) is 451 cm³/mol. The van der Waals surface area contributed by atoms with Crippen LogP contribution in [0.4, 0.5) is 10.3 Å². The molecule has 0 unspecified atom stereocenters. The van der Waals surface area contributed by atoms with Crippen LogP contribution in [0.15, 0.2) is 193 Å². The molecule has 0 saturated heterocycles. The van der Waals surface area contributed by atoms with Crippen LogP contribution in [0, 0.1) is 17.8 Å². The second kappa shape index (κ2) is 45.3. The molecule has 112 heavy (non-hydrogen) atoms. The van der Waals surface area contributed by atoms with Crippen LogP contribution in [0.5, 0.6) is 28.7 Å². The molecule has 9 aromatic rings. The number of benzene rings is 7. The highest BCUT2D eigenvalue weighted by Gasteiger charge is 2.33. The minimum atomic E-state index is -0.463. The van der Waals surface area contributed by atoms with Crippen LogP contribution in [0.25, 0.3) is 31.6 Å². The lowest BCUT2D eigenvalue weighted by atomic mass is 9.77. The molecule has 0 spiro atoms. The number of para-hydroxylation sites is 2. The standard InChI is InChI=1S/C52H67N3O7S.C40H41N3O5S/c1-4-7-8-13-33-55(52-54-46-17-11-12-18-48(46)63-52)53-37-43-36-42(39-21-19-38(16-5-2)20-22-39)27-32-47(43)62-51(58)41-25-23-40(24-26-41)50(57)61-45-30-28-44(29-31-45)59-34-14-9-10-15-35-60-49(56)6-3;1-4-12-29-15-17-30(18-16-29)35-24-23-34(27-32(35)28-41-43(3)40-42-36-13-8-9-14-37(36)49-40)48-39(45)31-19-21-33(22-20-31)46-25-10-6-7-11-26-47-38(44)5-2/h6,11-12,17-18,27-32,36-41H,3-5,7-10,13-16,19-26,33-35H2,1-2H3;5,8-9,13-24,27-28H,2,4,6-7,10-12,25-26H2,1,3H3/b53-37+;41-28+. The summed E-state index contributed by atoms with van der Waals surface area (Å²) >= 11 is 3.22. The molecular weight excluding hydrogens is 1450 g/mol. The first-order valence-corrected chi connectivity index (χ1v) is 41.8. The molecule has 2 aromatic heterocycles. The van der Waals surface area contributed by atoms with Crippen LogP contribution >= 0.6 is 22.7 Å². The van der Waals surface area contributed by atoms with E-state index >= 15 is 0 Å². The summed E-state index contributed by atoms with van der Waals surface area (Å²) in [4.78, 5) is 72.0. The molecule has 0 atom stereocenters. The monoisotopic (exact) mass is 1550 g/mol. The molecule has 2 saturated carbocycles. The lowest BCUT2D eigenvalue weighted by Gasteiger charge is -2.29. The maximum absolute atomic E-state index is 13.8. The van der Waals surface area contributed by atoms with Crippen molar-refractivity contribution in [3.63, 3.8) is 0 Å². The minimum absolute atomic E-state index is 0.267. The van der Waals surface area contributed by atoms with Crippen LogP contribution in [0.1, 0.15) is 207 Å². The van der Waals surface area contributed by atoms with Gasteiger partial charge >= 0.3 is 29.8 Å². The van der Waals surface area contributed by atoms with Crippen molar-refractivity contribution in [2.45, 2.75) is 181 Å². The van der Waals surface area contributed by atoms with E-state index in [9.17, 15) is 24.0 Å². The third kappa shape index (κ3) is 26.4. The number of hydrogen-bond acceptors (Lipinski definition) is 20. The van der Waals surface area contributed by atoms with Crippen LogP contribution in [0.2, 0.25) is 0 Å². The average molecular weight is 1550 g/mol. The first-order valence-electron chi connectivity index (χ1n) is 40.1. The fourth-order valence-corrected chi connectivity index (χ4v) is 15.7. The summed E-state index contributed by atoms with van der Waals surface area (Å²) in [5, 5.41) is 15.2. The van der Waals surface area contributed by atoms with Gasteiger partial charge in [0.2, 0.25) is 10.3 Å². The van der Waals surface area contributed by atoms with Crippen LogP contribution in [0.3, 0.4) is 0 Å². The molecule has 18 nitrogen and oxygen atoms in total. The molecule has 7 aromatic carbocycles. The number of anilines is 2. The second-order valence-corrected chi connectivity index (χ2v) is 30.7. The SMILES string of the molecule is C=CC(=O)OCCCCCCOc1ccc(C(=O)Oc2ccc(-c3ccc(CCC)cc3)c(/C=N/N(C)c3nc4ccccc4s3)c2)cc1.C=CC(=O)OCCCCCCOc1ccc(OC(=O)C2CCC(C(=O)Oc3ccc(C4CCC(CCC)CC4)cc3/C=N/N(CCCCCC)c3nc4ccccc4s3)CC2)cc1. The maximum atomic E-state index is 13.8. The van der Waals surface area contributed by atoms with Gasteiger partial charge in [0.05, 0.1) is 76.7 Å². The highest BCUT2D eigenvalue weighted by Crippen LogP contribution is 2.40. The Bertz CT molecular complexity index is 4470. The summed E-state index contributed by atoms with van der Waals surface area (Å²) in [6.45, 7) is 16.1. The molecule has 0 bridgehead atoms. The number of carbonyl (C=O) groups excluding carboxylic acids is 5. The van der Waals surface area contributed by atoms with Gasteiger partial charge in [-0.05, 0) is 247 Å². The third-order valence-corrected chi connectivity index (χ3v) is 22.4. The van der Waals surface area contributed by atoms with Gasteiger partial charge in [0.25, 0.3) is 0 Å². The zero-order valence-corrected chi connectivity index (χ0v) is 67.1. The normalized spacial score (nSPS) is 15.4. The number of fused-ring (bicyclic) bond motifs is 2. The van der Waals surface area contributed by atoms with Crippen molar-refractivity contribution in [3.05, 3.63) is 211 Å². The van der Waals surface area contributed by atoms with Gasteiger partial charge < -0.3 is 33.2 Å². The minimum Gasteiger partial charge on any atom is -0.494 e. The molecule has 11 rings (SSSR count). The van der Waals surface area contributed by atoms with Crippen molar-refractivity contribution >= 4 is 95.6 Å². The first kappa shape index (κ1) is 84.1. The Hall–Kier alpha value is -10.3. The molecule has 2 aliphatic carbocycles. The number of hydrogen-bond donors (Lipinski definition) is 0. The molecule has 0 aliphatic heterocycles. The maximum Gasteiger partial charge on any atom is 0.343 e. The molecule has 0 radical (unpaired) electrons. The predicted octanol–water partition coefficient (Wildman–Crippen LogP) is 22.1. The number of thiazole rings is 2. The average Bonchev–Trinajstić information content (AvgIpc) is 0.945. The summed E-state index contributed by atoms with van der Waals surface area (Å²) in [7, 11) is 1.87. The van der Waals surface area contributed by atoms with E-state index in [-0.39, 0.29) is 23.8 Å². The summed E-state index contributed by atoms with van der Waals surface area (Å²) in [5.41, 5.74) is 8.51. The fraction of sp³-hybridized carbons (Fsp3) is 0.402. The van der Waals surface area contributed by atoms with Crippen molar-refractivity contribution < 1.29 is 57.1 Å². The lowest BCUT2D eigenvalue weighted by Crippen LogP contribution is -2.30. The number of ether oxygens (including phenoxy) is 7. The molecule has 2 heterocycles. The quantitative estimate of drug-likeness (QED) is 0.00872. The smallest absolute Gasteiger partial charge is 0.343 e. The van der Waals surface area contributed by atoms with Crippen molar-refractivity contribution in [3.8, 4) is 39.9 Å². The van der Waals surface area contributed by atoms with Gasteiger partial charge in [-0.1, -0.05) is 156 Å². The van der Waals surface area contributed by atoms with Gasteiger partial charge in [-0.3, -0.25) is 9.59 Å². The number of rotatable bonds is 41. The molecule has 20 heteroatoms. The van der Waals surface area contributed by atoms with E-state index in [2.05, 4.69) is 76.4 Å². The molecular formula is C92H108N6O12S2. The number of nitrogens with zero attached hydrogens (tertiary/aromatic N) is 6. The number of aromatic nitrogens is 2. The van der Waals surface area contributed by atoms with Crippen molar-refractivity contribution in [2.75, 3.05) is 50.0 Å². The van der Waals surface area contributed by atoms with E-state index in [1.165, 1.54) is 68.2 Å². The number of hydrazone groups is 2. The fourth-order valence-electron chi connectivity index (χ4n) is 13.9. The Kier molecular flexibility index (Phi) is 34.0. The number of unbranched alkanes of at least 4 members (excludes halogenated alkanes) is 9. The zero-order valence-electron chi connectivity index (χ0n) is 65.4. The zero-order chi connectivity index (χ0) is 78.7. The molecule has 0 N–H and O–H groups in total. The Morgan fingerprint density at radius 2 is 1.04 bits per heavy atom. The molecule has 590 valence electrons. The number of esters is 5. The highest BCUT2D eigenvalue weighted by atomic mass is 32.1. The lowest BCUT2D eigenvalue weighted by molar-refractivity contribution is -0.145. The second-order valence-electron chi connectivity index (χ2n) is 28.7. The van der Waals surface area contributed by atoms with Gasteiger partial charge in [0.1, 0.15) is 28.7 Å². The van der Waals surface area contributed by atoms with E-state index in [0.29, 0.717) is 92.3 Å². The van der Waals surface area contributed by atoms with Crippen molar-refractivity contribution in [2.24, 2.45) is 28.0 Å². The molecule has 0 amide bonds. The van der Waals surface area contributed by atoms with E-state index in [1.54, 1.807) is 82.4 Å². The number of aryl methyl sites for hydroxylation is 1. The van der Waals surface area contributed by atoms with Gasteiger partial charge in [-0.2, -0.15) is 10.2 Å².